The Hall–Kier alpha value is -3.62. The van der Waals surface area contributed by atoms with Crippen LogP contribution in [0.2, 0.25) is 0 Å². The van der Waals surface area contributed by atoms with Crippen molar-refractivity contribution in [3.63, 3.8) is 0 Å². The molecule has 0 aliphatic carbocycles. The number of aromatic nitrogens is 7. The molecule has 0 fully saturated rings. The minimum absolute atomic E-state index is 0.472. The van der Waals surface area contributed by atoms with Gasteiger partial charge in [-0.25, -0.2) is 0 Å². The number of anilines is 1. The second-order valence-electron chi connectivity index (χ2n) is 4.97. The van der Waals surface area contributed by atoms with Gasteiger partial charge in [-0.05, 0) is 34.7 Å². The first kappa shape index (κ1) is 12.0. The Morgan fingerprint density at radius 3 is 2.70 bits per heavy atom. The summed E-state index contributed by atoms with van der Waals surface area (Å²) >= 11 is 0. The van der Waals surface area contributed by atoms with Crippen molar-refractivity contribution in [2.45, 2.75) is 0 Å². The van der Waals surface area contributed by atoms with E-state index in [1.54, 1.807) is 9.36 Å². The molecule has 1 aliphatic rings. The van der Waals surface area contributed by atoms with Crippen LogP contribution < -0.4 is 5.43 Å². The quantitative estimate of drug-likeness (QED) is 0.521. The molecule has 0 saturated carbocycles. The minimum Gasteiger partial charge on any atom is -0.274 e. The van der Waals surface area contributed by atoms with Gasteiger partial charge in [-0.1, -0.05) is 29.5 Å². The molecule has 23 heavy (non-hydrogen) atoms. The van der Waals surface area contributed by atoms with Gasteiger partial charge < -0.3 is 0 Å². The molecule has 9 heteroatoms. The summed E-state index contributed by atoms with van der Waals surface area (Å²) in [7, 11) is 0. The molecule has 4 aromatic rings. The maximum Gasteiger partial charge on any atom is 0.226 e. The Balaban J connectivity index is 1.78. The summed E-state index contributed by atoms with van der Waals surface area (Å²) < 4.78 is 3.25. The molecular weight excluding hydrogens is 294 g/mol. The lowest BCUT2D eigenvalue weighted by Gasteiger charge is -2.04. The number of fused-ring (bicyclic) bond motifs is 4. The van der Waals surface area contributed by atoms with Gasteiger partial charge in [0.05, 0.1) is 16.9 Å². The van der Waals surface area contributed by atoms with Crippen molar-refractivity contribution in [2.24, 2.45) is 5.10 Å². The lowest BCUT2D eigenvalue weighted by atomic mass is 10.2. The number of hydrogen-bond donors (Lipinski definition) is 1. The zero-order valence-corrected chi connectivity index (χ0v) is 11.7. The molecule has 0 amide bonds. The highest BCUT2D eigenvalue weighted by molar-refractivity contribution is 6.02. The number of nitrogens with zero attached hydrogens (tertiary/aromatic N) is 8. The van der Waals surface area contributed by atoms with E-state index in [-0.39, 0.29) is 0 Å². The molecular formula is C14H9N9. The third kappa shape index (κ3) is 1.67. The van der Waals surface area contributed by atoms with Gasteiger partial charge in [-0.15, -0.1) is 10.2 Å². The predicted molar refractivity (Wildman–Crippen MR) is 82.2 cm³/mol. The first-order valence-corrected chi connectivity index (χ1v) is 6.94. The highest BCUT2D eigenvalue weighted by Gasteiger charge is 2.24. The summed E-state index contributed by atoms with van der Waals surface area (Å²) in [6.45, 7) is 0. The lowest BCUT2D eigenvalue weighted by molar-refractivity contribution is 0.785. The van der Waals surface area contributed by atoms with Crippen molar-refractivity contribution in [1.82, 2.24) is 35.2 Å². The molecule has 2 aromatic carbocycles. The van der Waals surface area contributed by atoms with Crippen LogP contribution in [-0.4, -0.2) is 41.0 Å². The van der Waals surface area contributed by atoms with Crippen LogP contribution in [0.15, 0.2) is 53.6 Å². The van der Waals surface area contributed by atoms with Crippen LogP contribution in [0.25, 0.3) is 16.7 Å². The Morgan fingerprint density at radius 2 is 1.70 bits per heavy atom. The van der Waals surface area contributed by atoms with E-state index < -0.39 is 0 Å². The van der Waals surface area contributed by atoms with Crippen LogP contribution in [-0.2, 0) is 0 Å². The average molecular weight is 303 g/mol. The first-order chi connectivity index (χ1) is 11.4. The van der Waals surface area contributed by atoms with Gasteiger partial charge in [-0.3, -0.25) is 5.43 Å². The summed E-state index contributed by atoms with van der Waals surface area (Å²) in [5.74, 6) is 0.956. The molecule has 0 radical (unpaired) electrons. The van der Waals surface area contributed by atoms with Crippen molar-refractivity contribution < 1.29 is 0 Å². The third-order valence-corrected chi connectivity index (χ3v) is 3.64. The first-order valence-electron chi connectivity index (χ1n) is 6.94. The molecule has 3 heterocycles. The van der Waals surface area contributed by atoms with Gasteiger partial charge in [-0.2, -0.15) is 14.5 Å². The van der Waals surface area contributed by atoms with E-state index in [9.17, 15) is 0 Å². The maximum absolute atomic E-state index is 4.43. The average Bonchev–Trinajstić information content (AvgIpc) is 3.21. The van der Waals surface area contributed by atoms with Crippen LogP contribution in [0.5, 0.6) is 0 Å². The van der Waals surface area contributed by atoms with Crippen molar-refractivity contribution in [3.05, 3.63) is 54.4 Å². The number of hydrazone groups is 1. The Labute approximate surface area is 129 Å². The Morgan fingerprint density at radius 1 is 0.826 bits per heavy atom. The molecule has 0 spiro atoms. The van der Waals surface area contributed by atoms with Gasteiger partial charge in [0, 0.05) is 0 Å². The van der Waals surface area contributed by atoms with Crippen molar-refractivity contribution >= 4 is 22.6 Å². The number of tetrazole rings is 1. The molecule has 1 N–H and O–H groups in total. The molecule has 110 valence electrons. The van der Waals surface area contributed by atoms with Gasteiger partial charge in [0.1, 0.15) is 5.52 Å². The predicted octanol–water partition coefficient (Wildman–Crippen LogP) is 1.04. The van der Waals surface area contributed by atoms with Crippen molar-refractivity contribution in [2.75, 3.05) is 5.43 Å². The summed E-state index contributed by atoms with van der Waals surface area (Å²) in [6.07, 6.45) is 0. The molecule has 0 atom stereocenters. The number of para-hydroxylation sites is 3. The summed E-state index contributed by atoms with van der Waals surface area (Å²) in [5.41, 5.74) is 6.25. The second-order valence-corrected chi connectivity index (χ2v) is 4.97. The highest BCUT2D eigenvalue weighted by atomic mass is 15.6. The largest absolute Gasteiger partial charge is 0.274 e. The second kappa shape index (κ2) is 4.44. The van der Waals surface area contributed by atoms with Crippen LogP contribution in [0.1, 0.15) is 5.82 Å². The van der Waals surface area contributed by atoms with Gasteiger partial charge in [0.15, 0.2) is 0 Å². The van der Waals surface area contributed by atoms with E-state index in [1.165, 1.54) is 0 Å². The van der Waals surface area contributed by atoms with Crippen molar-refractivity contribution in [1.29, 1.82) is 0 Å². The van der Waals surface area contributed by atoms with E-state index in [1.807, 2.05) is 48.5 Å². The molecule has 9 nitrogen and oxygen atoms in total. The fraction of sp³-hybridized carbons (Fsp3) is 0. The standard InChI is InChI=1S/C14H9N9/c1-3-7-11-9(5-1)15-17-13(14-18-19-21-23(11)14)22-12-8-4-2-6-10(12)16-20-22/h1-8,15H. The number of nitrogens with one attached hydrogen (secondary N) is 1. The summed E-state index contributed by atoms with van der Waals surface area (Å²) in [6, 6.07) is 15.3. The van der Waals surface area contributed by atoms with Gasteiger partial charge >= 0.3 is 0 Å². The fourth-order valence-electron chi connectivity index (χ4n) is 2.57. The maximum atomic E-state index is 4.43. The van der Waals surface area contributed by atoms with Crippen LogP contribution >= 0.6 is 0 Å². The van der Waals surface area contributed by atoms with E-state index in [2.05, 4.69) is 36.4 Å². The molecule has 1 aliphatic heterocycles. The topological polar surface area (TPSA) is 98.7 Å². The zero-order valence-electron chi connectivity index (χ0n) is 11.7. The fourth-order valence-corrected chi connectivity index (χ4v) is 2.57. The molecule has 0 bridgehead atoms. The van der Waals surface area contributed by atoms with Crippen LogP contribution in [0.3, 0.4) is 0 Å². The van der Waals surface area contributed by atoms with E-state index >= 15 is 0 Å². The summed E-state index contributed by atoms with van der Waals surface area (Å²) in [5, 5.41) is 24.7. The molecule has 0 unspecified atom stereocenters. The summed E-state index contributed by atoms with van der Waals surface area (Å²) in [4.78, 5) is 0. The SMILES string of the molecule is c1ccc2c(c1)NN=C(n1nnc3ccccc31)c1nnnn1-2. The monoisotopic (exact) mass is 303 g/mol. The number of benzene rings is 2. The zero-order chi connectivity index (χ0) is 15.2. The highest BCUT2D eigenvalue weighted by Crippen LogP contribution is 2.23. The Bertz CT molecular complexity index is 1060. The third-order valence-electron chi connectivity index (χ3n) is 3.64. The minimum atomic E-state index is 0.472. The normalized spacial score (nSPS) is 13.0. The number of rotatable bonds is 0. The Kier molecular flexibility index (Phi) is 2.31. The number of hydrogen-bond acceptors (Lipinski definition) is 7. The van der Waals surface area contributed by atoms with E-state index in [0.717, 1.165) is 22.4 Å². The molecule has 5 rings (SSSR count). The van der Waals surface area contributed by atoms with Crippen molar-refractivity contribution in [3.8, 4) is 5.69 Å². The van der Waals surface area contributed by atoms with E-state index in [0.29, 0.717) is 11.7 Å². The van der Waals surface area contributed by atoms with Gasteiger partial charge in [0.2, 0.25) is 11.7 Å². The molecule has 0 saturated heterocycles. The van der Waals surface area contributed by atoms with Crippen LogP contribution in [0.4, 0.5) is 5.69 Å². The van der Waals surface area contributed by atoms with Gasteiger partial charge in [0.25, 0.3) is 0 Å². The lowest BCUT2D eigenvalue weighted by Crippen LogP contribution is -2.20. The smallest absolute Gasteiger partial charge is 0.226 e. The molecule has 2 aromatic heterocycles. The van der Waals surface area contributed by atoms with E-state index in [4.69, 9.17) is 0 Å². The van der Waals surface area contributed by atoms with Crippen LogP contribution in [0, 0.1) is 0 Å².